The van der Waals surface area contributed by atoms with E-state index in [1.807, 2.05) is 24.5 Å². The summed E-state index contributed by atoms with van der Waals surface area (Å²) < 4.78 is 2.11. The van der Waals surface area contributed by atoms with Gasteiger partial charge < -0.3 is 9.88 Å². The van der Waals surface area contributed by atoms with Gasteiger partial charge in [-0.3, -0.25) is 9.59 Å². The van der Waals surface area contributed by atoms with Crippen molar-refractivity contribution < 1.29 is 9.59 Å². The minimum absolute atomic E-state index is 0.00649. The predicted molar refractivity (Wildman–Crippen MR) is 98.9 cm³/mol. The van der Waals surface area contributed by atoms with Crippen LogP contribution in [-0.4, -0.2) is 21.2 Å². The molecule has 25 heavy (non-hydrogen) atoms. The highest BCUT2D eigenvalue weighted by Gasteiger charge is 2.09. The Morgan fingerprint density at radius 2 is 1.84 bits per heavy atom. The van der Waals surface area contributed by atoms with Gasteiger partial charge in [-0.1, -0.05) is 6.07 Å². The number of nitrogens with zero attached hydrogens (tertiary/aromatic N) is 2. The average molecular weight is 335 g/mol. The zero-order valence-corrected chi connectivity index (χ0v) is 14.6. The smallest absolute Gasteiger partial charge is 0.228 e. The number of aromatic nitrogens is 2. The first-order valence-corrected chi connectivity index (χ1v) is 8.30. The number of ketones is 1. The average Bonchev–Trinajstić information content (AvgIpc) is 2.98. The van der Waals surface area contributed by atoms with Gasteiger partial charge in [0.05, 0.1) is 23.8 Å². The van der Waals surface area contributed by atoms with Crippen LogP contribution in [0.15, 0.2) is 48.8 Å². The third kappa shape index (κ3) is 3.76. The third-order valence-corrected chi connectivity index (χ3v) is 4.14. The second-order valence-electron chi connectivity index (χ2n) is 6.43. The highest BCUT2D eigenvalue weighted by Crippen LogP contribution is 2.19. The van der Waals surface area contributed by atoms with Crippen molar-refractivity contribution in [2.45, 2.75) is 33.2 Å². The van der Waals surface area contributed by atoms with Gasteiger partial charge >= 0.3 is 0 Å². The number of imidazole rings is 1. The Morgan fingerprint density at radius 3 is 2.48 bits per heavy atom. The van der Waals surface area contributed by atoms with Crippen molar-refractivity contribution in [3.63, 3.8) is 0 Å². The van der Waals surface area contributed by atoms with Gasteiger partial charge in [0.2, 0.25) is 5.91 Å². The highest BCUT2D eigenvalue weighted by atomic mass is 16.1. The number of fused-ring (bicyclic) bond motifs is 1. The molecule has 0 saturated carbocycles. The van der Waals surface area contributed by atoms with Crippen LogP contribution in [0.2, 0.25) is 0 Å². The summed E-state index contributed by atoms with van der Waals surface area (Å²) in [4.78, 5) is 27.9. The topological polar surface area (TPSA) is 64.0 Å². The summed E-state index contributed by atoms with van der Waals surface area (Å²) in [6.07, 6.45) is 2.11. The summed E-state index contributed by atoms with van der Waals surface area (Å²) in [6.45, 7) is 5.74. The number of benzene rings is 2. The van der Waals surface area contributed by atoms with Crippen molar-refractivity contribution in [3.8, 4) is 0 Å². The number of anilines is 1. The van der Waals surface area contributed by atoms with E-state index in [1.165, 1.54) is 6.92 Å². The zero-order valence-electron chi connectivity index (χ0n) is 14.6. The Bertz CT molecular complexity index is 924. The molecule has 0 aliphatic carbocycles. The summed E-state index contributed by atoms with van der Waals surface area (Å²) >= 11 is 0. The zero-order chi connectivity index (χ0) is 18.0. The number of amides is 1. The van der Waals surface area contributed by atoms with Crippen LogP contribution in [0, 0.1) is 0 Å². The fourth-order valence-electron chi connectivity index (χ4n) is 2.78. The lowest BCUT2D eigenvalue weighted by molar-refractivity contribution is -0.115. The maximum atomic E-state index is 12.2. The molecule has 1 amide bonds. The number of carbonyl (C=O) groups excluding carboxylic acids is 2. The lowest BCUT2D eigenvalue weighted by Crippen LogP contribution is -2.14. The number of rotatable bonds is 5. The van der Waals surface area contributed by atoms with Gasteiger partial charge in [0.25, 0.3) is 0 Å². The van der Waals surface area contributed by atoms with Crippen LogP contribution in [0.4, 0.5) is 5.69 Å². The Labute approximate surface area is 146 Å². The molecule has 1 aromatic heterocycles. The molecule has 0 bridgehead atoms. The minimum atomic E-state index is -0.0989. The molecule has 2 aromatic carbocycles. The summed E-state index contributed by atoms with van der Waals surface area (Å²) in [5.74, 6) is -0.0924. The summed E-state index contributed by atoms with van der Waals surface area (Å²) in [6, 6.07) is 13.2. The monoisotopic (exact) mass is 335 g/mol. The van der Waals surface area contributed by atoms with Gasteiger partial charge in [0, 0.05) is 17.3 Å². The Morgan fingerprint density at radius 1 is 1.12 bits per heavy atom. The molecule has 5 nitrogen and oxygen atoms in total. The highest BCUT2D eigenvalue weighted by molar-refractivity contribution is 5.96. The second-order valence-corrected chi connectivity index (χ2v) is 6.43. The van der Waals surface area contributed by atoms with E-state index in [2.05, 4.69) is 28.7 Å². The number of hydrogen-bond acceptors (Lipinski definition) is 3. The van der Waals surface area contributed by atoms with Gasteiger partial charge in [-0.25, -0.2) is 4.98 Å². The SMILES string of the molecule is CC(=O)c1ccc(NC(=O)Cc2ccc3c(c2)ncn3C(C)C)cc1. The van der Waals surface area contributed by atoms with Crippen LogP contribution in [0.3, 0.4) is 0 Å². The minimum Gasteiger partial charge on any atom is -0.328 e. The van der Waals surface area contributed by atoms with E-state index in [4.69, 9.17) is 0 Å². The van der Waals surface area contributed by atoms with E-state index in [1.54, 1.807) is 24.3 Å². The maximum Gasteiger partial charge on any atom is 0.228 e. The molecule has 0 atom stereocenters. The molecular weight excluding hydrogens is 314 g/mol. The second kappa shape index (κ2) is 6.89. The maximum absolute atomic E-state index is 12.2. The molecule has 128 valence electrons. The molecule has 0 radical (unpaired) electrons. The Hall–Kier alpha value is -2.95. The fourth-order valence-corrected chi connectivity index (χ4v) is 2.78. The number of carbonyl (C=O) groups is 2. The number of hydrogen-bond donors (Lipinski definition) is 1. The molecule has 3 rings (SSSR count). The number of Topliss-reactive ketones (excluding diaryl/α,β-unsaturated/α-hetero) is 1. The van der Waals surface area contributed by atoms with Crippen LogP contribution in [0.5, 0.6) is 0 Å². The molecule has 0 fully saturated rings. The molecule has 1 heterocycles. The van der Waals surface area contributed by atoms with E-state index >= 15 is 0 Å². The lowest BCUT2D eigenvalue weighted by atomic mass is 10.1. The summed E-state index contributed by atoms with van der Waals surface area (Å²) in [5.41, 5.74) is 4.19. The van der Waals surface area contributed by atoms with Crippen molar-refractivity contribution in [3.05, 3.63) is 59.9 Å². The van der Waals surface area contributed by atoms with E-state index in [0.717, 1.165) is 16.6 Å². The summed E-state index contributed by atoms with van der Waals surface area (Å²) in [7, 11) is 0. The normalized spacial score (nSPS) is 11.0. The molecule has 3 aromatic rings. The van der Waals surface area contributed by atoms with Crippen LogP contribution in [0.1, 0.15) is 42.7 Å². The molecular formula is C20H21N3O2. The van der Waals surface area contributed by atoms with Gasteiger partial charge in [-0.05, 0) is 62.7 Å². The Kier molecular flexibility index (Phi) is 4.65. The fraction of sp³-hybridized carbons (Fsp3) is 0.250. The predicted octanol–water partition coefficient (Wildman–Crippen LogP) is 4.00. The van der Waals surface area contributed by atoms with Crippen LogP contribution in [0.25, 0.3) is 11.0 Å². The quantitative estimate of drug-likeness (QED) is 0.717. The van der Waals surface area contributed by atoms with E-state index in [9.17, 15) is 9.59 Å². The van der Waals surface area contributed by atoms with Crippen molar-refractivity contribution in [2.75, 3.05) is 5.32 Å². The van der Waals surface area contributed by atoms with Crippen LogP contribution in [-0.2, 0) is 11.2 Å². The van der Waals surface area contributed by atoms with Crippen LogP contribution < -0.4 is 5.32 Å². The van der Waals surface area contributed by atoms with Gasteiger partial charge in [0.15, 0.2) is 5.78 Å². The van der Waals surface area contributed by atoms with Gasteiger partial charge in [0.1, 0.15) is 0 Å². The van der Waals surface area contributed by atoms with Gasteiger partial charge in [-0.15, -0.1) is 0 Å². The first kappa shape index (κ1) is 16.9. The van der Waals surface area contributed by atoms with Crippen molar-refractivity contribution >= 4 is 28.4 Å². The number of nitrogens with one attached hydrogen (secondary N) is 1. The molecule has 5 heteroatoms. The largest absolute Gasteiger partial charge is 0.328 e. The van der Waals surface area contributed by atoms with E-state index in [0.29, 0.717) is 17.3 Å². The van der Waals surface area contributed by atoms with Gasteiger partial charge in [-0.2, -0.15) is 0 Å². The first-order valence-electron chi connectivity index (χ1n) is 8.30. The summed E-state index contributed by atoms with van der Waals surface area (Å²) in [5, 5.41) is 2.85. The standard InChI is InChI=1S/C20H21N3O2/c1-13(2)23-12-21-18-10-15(4-9-19(18)23)11-20(25)22-17-7-5-16(6-8-17)14(3)24/h4-10,12-13H,11H2,1-3H3,(H,22,25). The van der Waals surface area contributed by atoms with Crippen molar-refractivity contribution in [1.29, 1.82) is 0 Å². The molecule has 0 aliphatic heterocycles. The van der Waals surface area contributed by atoms with Crippen molar-refractivity contribution in [2.24, 2.45) is 0 Å². The molecule has 0 aliphatic rings. The molecule has 0 unspecified atom stereocenters. The van der Waals surface area contributed by atoms with E-state index < -0.39 is 0 Å². The third-order valence-electron chi connectivity index (χ3n) is 4.14. The first-order chi connectivity index (χ1) is 11.9. The van der Waals surface area contributed by atoms with Crippen molar-refractivity contribution in [1.82, 2.24) is 9.55 Å². The molecule has 1 N–H and O–H groups in total. The van der Waals surface area contributed by atoms with Crippen LogP contribution >= 0.6 is 0 Å². The lowest BCUT2D eigenvalue weighted by Gasteiger charge is -2.09. The molecule has 0 saturated heterocycles. The van der Waals surface area contributed by atoms with E-state index in [-0.39, 0.29) is 18.1 Å². The molecule has 0 spiro atoms. The Balaban J connectivity index is 1.70.